The molecule has 70 valence electrons. The maximum Gasteiger partial charge on any atom is 0.0604 e. The lowest BCUT2D eigenvalue weighted by atomic mass is 10.2. The molecule has 0 spiro atoms. The summed E-state index contributed by atoms with van der Waals surface area (Å²) in [6.45, 7) is 5.59. The maximum absolute atomic E-state index is 2.43. The molecule has 0 aliphatic carbocycles. The van der Waals surface area contributed by atoms with E-state index in [0.29, 0.717) is 0 Å². The second-order valence-electron chi connectivity index (χ2n) is 3.49. The van der Waals surface area contributed by atoms with E-state index in [1.165, 1.54) is 11.4 Å². The van der Waals surface area contributed by atoms with Crippen molar-refractivity contribution in [3.05, 3.63) is 24.3 Å². The summed E-state index contributed by atoms with van der Waals surface area (Å²) in [6, 6.07) is 8.61. The van der Waals surface area contributed by atoms with Gasteiger partial charge in [0.2, 0.25) is 0 Å². The molecule has 0 atom stereocenters. The van der Waals surface area contributed by atoms with Gasteiger partial charge in [-0.15, -0.1) is 0 Å². The van der Waals surface area contributed by atoms with Gasteiger partial charge in [-0.25, -0.2) is 0 Å². The first kappa shape index (κ1) is 8.42. The zero-order valence-corrected chi connectivity index (χ0v) is 8.33. The first-order chi connectivity index (χ1) is 6.33. The second kappa shape index (κ2) is 3.29. The molecule has 0 unspecified atom stereocenters. The Morgan fingerprint density at radius 2 is 1.85 bits per heavy atom. The van der Waals surface area contributed by atoms with Crippen LogP contribution in [-0.4, -0.2) is 26.7 Å². The van der Waals surface area contributed by atoms with E-state index in [1.54, 1.807) is 0 Å². The number of anilines is 2. The van der Waals surface area contributed by atoms with E-state index in [2.05, 4.69) is 48.0 Å². The summed E-state index contributed by atoms with van der Waals surface area (Å²) in [5.74, 6) is 0. The Labute approximate surface area is 79.8 Å². The lowest BCUT2D eigenvalue weighted by molar-refractivity contribution is 0.754. The van der Waals surface area contributed by atoms with Gasteiger partial charge in [-0.1, -0.05) is 12.1 Å². The number of nitrogens with zero attached hydrogens (tertiary/aromatic N) is 2. The highest BCUT2D eigenvalue weighted by Gasteiger charge is 2.17. The molecule has 2 rings (SSSR count). The number of hydrogen-bond acceptors (Lipinski definition) is 2. The van der Waals surface area contributed by atoms with Crippen LogP contribution in [0.1, 0.15) is 6.92 Å². The van der Waals surface area contributed by atoms with Crippen LogP contribution in [0.5, 0.6) is 0 Å². The third-order valence-corrected chi connectivity index (χ3v) is 2.72. The molecule has 1 heterocycles. The molecule has 1 aliphatic rings. The van der Waals surface area contributed by atoms with E-state index in [4.69, 9.17) is 0 Å². The monoisotopic (exact) mass is 176 g/mol. The van der Waals surface area contributed by atoms with Crippen LogP contribution >= 0.6 is 0 Å². The van der Waals surface area contributed by atoms with Gasteiger partial charge in [0.25, 0.3) is 0 Å². The fourth-order valence-corrected chi connectivity index (χ4v) is 1.89. The fourth-order valence-electron chi connectivity index (χ4n) is 1.89. The zero-order chi connectivity index (χ0) is 9.26. The van der Waals surface area contributed by atoms with Crippen LogP contribution < -0.4 is 9.80 Å². The van der Waals surface area contributed by atoms with E-state index in [-0.39, 0.29) is 0 Å². The third kappa shape index (κ3) is 1.37. The van der Waals surface area contributed by atoms with Gasteiger partial charge >= 0.3 is 0 Å². The first-order valence-corrected chi connectivity index (χ1v) is 4.88. The second-order valence-corrected chi connectivity index (χ2v) is 3.49. The van der Waals surface area contributed by atoms with Gasteiger partial charge in [-0.2, -0.15) is 0 Å². The quantitative estimate of drug-likeness (QED) is 0.645. The number of rotatable bonds is 1. The van der Waals surface area contributed by atoms with Gasteiger partial charge in [0.1, 0.15) is 0 Å². The van der Waals surface area contributed by atoms with Crippen LogP contribution in [0.3, 0.4) is 0 Å². The summed E-state index contributed by atoms with van der Waals surface area (Å²) < 4.78 is 0. The van der Waals surface area contributed by atoms with Gasteiger partial charge < -0.3 is 9.80 Å². The van der Waals surface area contributed by atoms with Crippen molar-refractivity contribution >= 4 is 11.4 Å². The zero-order valence-electron chi connectivity index (χ0n) is 8.33. The average Bonchev–Trinajstić information content (AvgIpc) is 2.19. The SMILES string of the molecule is CCN1CCN(C)c2ccccc21. The van der Waals surface area contributed by atoms with Crippen molar-refractivity contribution in [3.8, 4) is 0 Å². The molecule has 0 saturated heterocycles. The van der Waals surface area contributed by atoms with Crippen molar-refractivity contribution in [1.82, 2.24) is 0 Å². The van der Waals surface area contributed by atoms with Crippen LogP contribution in [0.4, 0.5) is 11.4 Å². The summed E-state index contributed by atoms with van der Waals surface area (Å²) in [6.07, 6.45) is 0. The van der Waals surface area contributed by atoms with Crippen molar-refractivity contribution in [2.75, 3.05) is 36.5 Å². The highest BCUT2D eigenvalue weighted by Crippen LogP contribution is 2.31. The van der Waals surface area contributed by atoms with E-state index in [0.717, 1.165) is 19.6 Å². The minimum atomic E-state index is 1.10. The molecule has 1 aromatic carbocycles. The van der Waals surface area contributed by atoms with Gasteiger partial charge in [0.15, 0.2) is 0 Å². The van der Waals surface area contributed by atoms with Gasteiger partial charge in [-0.3, -0.25) is 0 Å². The average molecular weight is 176 g/mol. The smallest absolute Gasteiger partial charge is 0.0604 e. The van der Waals surface area contributed by atoms with E-state index in [1.807, 2.05) is 0 Å². The Balaban J connectivity index is 2.42. The van der Waals surface area contributed by atoms with Crippen LogP contribution in [0, 0.1) is 0 Å². The Hall–Kier alpha value is -1.18. The molecule has 0 saturated carbocycles. The fraction of sp³-hybridized carbons (Fsp3) is 0.455. The van der Waals surface area contributed by atoms with Crippen molar-refractivity contribution in [1.29, 1.82) is 0 Å². The summed E-state index contributed by atoms with van der Waals surface area (Å²) in [4.78, 5) is 4.75. The Morgan fingerprint density at radius 1 is 1.15 bits per heavy atom. The molecule has 0 N–H and O–H groups in total. The van der Waals surface area contributed by atoms with Crippen LogP contribution in [-0.2, 0) is 0 Å². The topological polar surface area (TPSA) is 6.48 Å². The minimum Gasteiger partial charge on any atom is -0.371 e. The lowest BCUT2D eigenvalue weighted by Gasteiger charge is -2.36. The molecule has 13 heavy (non-hydrogen) atoms. The van der Waals surface area contributed by atoms with Crippen molar-refractivity contribution in [2.45, 2.75) is 6.92 Å². The molecule has 0 amide bonds. The predicted molar refractivity (Wildman–Crippen MR) is 57.6 cm³/mol. The largest absolute Gasteiger partial charge is 0.371 e. The summed E-state index contributed by atoms with van der Waals surface area (Å²) >= 11 is 0. The van der Waals surface area contributed by atoms with Crippen molar-refractivity contribution in [2.24, 2.45) is 0 Å². The standard InChI is InChI=1S/C11H16N2/c1-3-13-9-8-12(2)10-6-4-5-7-11(10)13/h4-7H,3,8-9H2,1-2H3. The van der Waals surface area contributed by atoms with Crippen LogP contribution in [0.25, 0.3) is 0 Å². The summed E-state index contributed by atoms with van der Waals surface area (Å²) in [5.41, 5.74) is 2.73. The number of benzene rings is 1. The molecule has 0 radical (unpaired) electrons. The number of para-hydroxylation sites is 2. The van der Waals surface area contributed by atoms with Crippen molar-refractivity contribution in [3.63, 3.8) is 0 Å². The predicted octanol–water partition coefficient (Wildman–Crippen LogP) is 1.96. The van der Waals surface area contributed by atoms with Crippen LogP contribution in [0.15, 0.2) is 24.3 Å². The normalized spacial score (nSPS) is 15.8. The molecule has 0 bridgehead atoms. The summed E-state index contributed by atoms with van der Waals surface area (Å²) in [5, 5.41) is 0. The minimum absolute atomic E-state index is 1.10. The molecule has 1 aliphatic heterocycles. The van der Waals surface area contributed by atoms with Crippen molar-refractivity contribution < 1.29 is 0 Å². The third-order valence-electron chi connectivity index (χ3n) is 2.72. The molecule has 2 nitrogen and oxygen atoms in total. The number of fused-ring (bicyclic) bond motifs is 1. The van der Waals surface area contributed by atoms with E-state index in [9.17, 15) is 0 Å². The maximum atomic E-state index is 2.43. The number of likely N-dealkylation sites (N-methyl/N-ethyl adjacent to an activating group) is 2. The molecular formula is C11H16N2. The molecular weight excluding hydrogens is 160 g/mol. The molecule has 2 heteroatoms. The highest BCUT2D eigenvalue weighted by molar-refractivity contribution is 5.72. The van der Waals surface area contributed by atoms with Crippen LogP contribution in [0.2, 0.25) is 0 Å². The highest BCUT2D eigenvalue weighted by atomic mass is 15.2. The Bertz CT molecular complexity index is 296. The molecule has 1 aromatic rings. The summed E-state index contributed by atoms with van der Waals surface area (Å²) in [7, 11) is 2.16. The van der Waals surface area contributed by atoms with Gasteiger partial charge in [-0.05, 0) is 19.1 Å². The van der Waals surface area contributed by atoms with E-state index >= 15 is 0 Å². The first-order valence-electron chi connectivity index (χ1n) is 4.88. The molecule has 0 aromatic heterocycles. The Kier molecular flexibility index (Phi) is 2.13. The Morgan fingerprint density at radius 3 is 2.54 bits per heavy atom. The molecule has 0 fully saturated rings. The lowest BCUT2D eigenvalue weighted by Crippen LogP contribution is -2.38. The van der Waals surface area contributed by atoms with E-state index < -0.39 is 0 Å². The van der Waals surface area contributed by atoms with Gasteiger partial charge in [0, 0.05) is 26.7 Å². The van der Waals surface area contributed by atoms with Gasteiger partial charge in [0.05, 0.1) is 11.4 Å². The number of hydrogen-bond donors (Lipinski definition) is 0.